The highest BCUT2D eigenvalue weighted by Gasteiger charge is 2.33. The topological polar surface area (TPSA) is 106 Å². The van der Waals surface area contributed by atoms with Crippen LogP contribution in [0.25, 0.3) is 22.5 Å². The van der Waals surface area contributed by atoms with E-state index >= 15 is 0 Å². The van der Waals surface area contributed by atoms with Gasteiger partial charge in [-0.25, -0.2) is 0 Å². The predicted molar refractivity (Wildman–Crippen MR) is 317 cm³/mol. The number of ether oxygens (including phenoxy) is 1. The maximum atomic E-state index is 10.8. The number of aryl methyl sites for hydroxylation is 5. The maximum absolute atomic E-state index is 10.8. The molecule has 1 N–H and O–H groups in total. The lowest BCUT2D eigenvalue weighted by Crippen LogP contribution is -2.29. The van der Waals surface area contributed by atoms with Gasteiger partial charge >= 0.3 is 6.15 Å². The van der Waals surface area contributed by atoms with Gasteiger partial charge in [-0.2, -0.15) is 9.59 Å². The molecule has 0 amide bonds. The molecule has 2 aliphatic carbocycles. The standard InChI is InChI=1S/C36H45N.C34H39NO3.CO2/c1-7-13-29-14-19-34(37-26-29)33-18-17-32(25-28(33)5)36(8-2,9-3)31-16-15-30(27(4)24-31)20-23-35(6)21-11-10-12-22-35;1-5-34(6-2,29-12-11-28(25(3)20-29)16-19-33(37)17-8-7-9-18-33)30-13-14-31(26(4)21-30)32-15-10-27(22-35-32)23-38-24-36;2-1-3/h14-19,24-26H,7-13,21-22H2,1-6H3;10-15,20-22,24,37H,5-9,17-18,23H2,1-4H3;. The van der Waals surface area contributed by atoms with Gasteiger partial charge in [0.25, 0.3) is 6.47 Å². The Hall–Kier alpha value is -6.89. The van der Waals surface area contributed by atoms with Crippen LogP contribution in [-0.2, 0) is 43.0 Å². The molecule has 8 rings (SSSR count). The van der Waals surface area contributed by atoms with Crippen molar-refractivity contribution >= 4 is 12.6 Å². The highest BCUT2D eigenvalue weighted by atomic mass is 16.5. The minimum absolute atomic E-state index is 0.00618. The summed E-state index contributed by atoms with van der Waals surface area (Å²) in [6.07, 6.45) is 21.7. The number of pyridine rings is 2. The second-order valence-electron chi connectivity index (χ2n) is 22.3. The van der Waals surface area contributed by atoms with E-state index in [2.05, 4.69) is 183 Å². The Bertz CT molecular complexity index is 3100. The second-order valence-corrected chi connectivity index (χ2v) is 22.3. The van der Waals surface area contributed by atoms with Crippen molar-refractivity contribution in [3.05, 3.63) is 176 Å². The molecule has 0 spiro atoms. The largest absolute Gasteiger partial charge is 0.463 e. The lowest BCUT2D eigenvalue weighted by Gasteiger charge is -2.34. The Morgan fingerprint density at radius 1 is 0.551 bits per heavy atom. The smallest absolute Gasteiger partial charge is 0.373 e. The number of aliphatic hydroxyl groups is 1. The fourth-order valence-corrected chi connectivity index (χ4v) is 12.1. The van der Waals surface area contributed by atoms with E-state index in [1.165, 1.54) is 94.2 Å². The third-order valence-electron chi connectivity index (χ3n) is 17.2. The normalized spacial score (nSPS) is 14.6. The van der Waals surface area contributed by atoms with E-state index in [0.717, 1.165) is 97.8 Å². The zero-order valence-electron chi connectivity index (χ0n) is 48.5. The average molecular weight is 1050 g/mol. The van der Waals surface area contributed by atoms with Gasteiger partial charge in [-0.1, -0.05) is 163 Å². The Balaban J connectivity index is 0.000000240. The van der Waals surface area contributed by atoms with Crippen LogP contribution in [0.5, 0.6) is 0 Å². The molecule has 2 fully saturated rings. The van der Waals surface area contributed by atoms with Crippen LogP contribution in [0.1, 0.15) is 205 Å². The molecule has 2 aromatic heterocycles. The average Bonchev–Trinajstić information content (AvgIpc) is 3.48. The molecule has 0 unspecified atom stereocenters. The number of rotatable bonds is 15. The minimum atomic E-state index is -0.836. The highest BCUT2D eigenvalue weighted by Crippen LogP contribution is 2.43. The summed E-state index contributed by atoms with van der Waals surface area (Å²) in [4.78, 5) is 36.1. The molecule has 6 aromatic rings. The first-order valence-electron chi connectivity index (χ1n) is 28.8. The molecule has 0 bridgehead atoms. The van der Waals surface area contributed by atoms with Gasteiger partial charge in [0.1, 0.15) is 12.2 Å². The fraction of sp³-hybridized carbons (Fsp3) is 0.437. The number of nitrogens with zero attached hydrogens (tertiary/aromatic N) is 2. The van der Waals surface area contributed by atoms with E-state index in [0.29, 0.717) is 6.47 Å². The van der Waals surface area contributed by atoms with Crippen molar-refractivity contribution in [1.82, 2.24) is 9.97 Å². The Labute approximate surface area is 467 Å². The Morgan fingerprint density at radius 2 is 0.962 bits per heavy atom. The summed E-state index contributed by atoms with van der Waals surface area (Å²) < 4.78 is 4.83. The van der Waals surface area contributed by atoms with Crippen LogP contribution in [0.4, 0.5) is 0 Å². The van der Waals surface area contributed by atoms with Crippen LogP contribution in [0, 0.1) is 56.8 Å². The molecule has 2 heterocycles. The van der Waals surface area contributed by atoms with E-state index in [-0.39, 0.29) is 29.0 Å². The van der Waals surface area contributed by atoms with E-state index in [1.807, 2.05) is 18.3 Å². The van der Waals surface area contributed by atoms with Crippen molar-refractivity contribution in [1.29, 1.82) is 0 Å². The van der Waals surface area contributed by atoms with Gasteiger partial charge in [-0.05, 0) is 180 Å². The number of carbonyl (C=O) groups excluding carboxylic acids is 3. The van der Waals surface area contributed by atoms with Crippen LogP contribution in [-0.4, -0.2) is 33.3 Å². The van der Waals surface area contributed by atoms with Gasteiger partial charge < -0.3 is 9.84 Å². The van der Waals surface area contributed by atoms with Crippen LogP contribution < -0.4 is 0 Å². The van der Waals surface area contributed by atoms with Gasteiger partial charge in [-0.15, -0.1) is 0 Å². The molecule has 78 heavy (non-hydrogen) atoms. The first-order chi connectivity index (χ1) is 37.6. The van der Waals surface area contributed by atoms with Gasteiger partial charge in [0.2, 0.25) is 0 Å². The van der Waals surface area contributed by atoms with Gasteiger partial charge in [0.15, 0.2) is 0 Å². The molecule has 408 valence electrons. The van der Waals surface area contributed by atoms with Crippen molar-refractivity contribution < 1.29 is 24.2 Å². The van der Waals surface area contributed by atoms with E-state index in [4.69, 9.17) is 19.3 Å². The molecule has 7 heteroatoms. The lowest BCUT2D eigenvalue weighted by molar-refractivity contribution is -0.191. The fourth-order valence-electron chi connectivity index (χ4n) is 12.1. The van der Waals surface area contributed by atoms with Crippen molar-refractivity contribution in [2.24, 2.45) is 5.41 Å². The van der Waals surface area contributed by atoms with Crippen LogP contribution in [0.2, 0.25) is 0 Å². The van der Waals surface area contributed by atoms with Crippen molar-refractivity contribution in [2.75, 3.05) is 0 Å². The van der Waals surface area contributed by atoms with E-state index in [9.17, 15) is 9.90 Å². The quantitative estimate of drug-likeness (QED) is 0.0806. The summed E-state index contributed by atoms with van der Waals surface area (Å²) >= 11 is 0. The molecular weight excluding hydrogens is 961 g/mol. The highest BCUT2D eigenvalue weighted by molar-refractivity contribution is 5.66. The second kappa shape index (κ2) is 28.1. The van der Waals surface area contributed by atoms with Gasteiger partial charge in [0.05, 0.1) is 11.4 Å². The number of benzene rings is 4. The first kappa shape index (κ1) is 60.3. The summed E-state index contributed by atoms with van der Waals surface area (Å²) in [6, 6.07) is 35.7. The molecule has 0 aliphatic heterocycles. The lowest BCUT2D eigenvalue weighted by atomic mass is 9.69. The number of aromatic nitrogens is 2. The van der Waals surface area contributed by atoms with Crippen LogP contribution in [0.15, 0.2) is 109 Å². The summed E-state index contributed by atoms with van der Waals surface area (Å²) in [5.41, 5.74) is 18.2. The van der Waals surface area contributed by atoms with Crippen LogP contribution >= 0.6 is 0 Å². The Kier molecular flexibility index (Phi) is 21.8. The predicted octanol–water partition coefficient (Wildman–Crippen LogP) is 16.4. The number of hydrogen-bond acceptors (Lipinski definition) is 7. The molecule has 2 aliphatic rings. The van der Waals surface area contributed by atoms with Gasteiger partial charge in [-0.3, -0.25) is 14.8 Å². The maximum Gasteiger partial charge on any atom is 0.373 e. The molecule has 0 radical (unpaired) electrons. The molecule has 4 aromatic carbocycles. The van der Waals surface area contributed by atoms with Crippen molar-refractivity contribution in [3.8, 4) is 46.2 Å². The first-order valence-corrected chi connectivity index (χ1v) is 28.8. The molecular formula is C71H84N2O5. The summed E-state index contributed by atoms with van der Waals surface area (Å²) in [7, 11) is 0. The third-order valence-corrected chi connectivity index (χ3v) is 17.2. The third kappa shape index (κ3) is 14.6. The van der Waals surface area contributed by atoms with E-state index in [1.54, 1.807) is 6.20 Å². The summed E-state index contributed by atoms with van der Waals surface area (Å²) in [5, 5.41) is 10.8. The number of carbonyl (C=O) groups is 1. The monoisotopic (exact) mass is 1040 g/mol. The van der Waals surface area contributed by atoms with Gasteiger partial charge in [0, 0.05) is 56.5 Å². The number of hydrogen-bond donors (Lipinski definition) is 1. The molecule has 0 saturated heterocycles. The van der Waals surface area contributed by atoms with Crippen molar-refractivity contribution in [3.63, 3.8) is 0 Å². The summed E-state index contributed by atoms with van der Waals surface area (Å²) in [5.74, 6) is 13.7. The Morgan fingerprint density at radius 3 is 1.35 bits per heavy atom. The van der Waals surface area contributed by atoms with Crippen molar-refractivity contribution in [2.45, 2.75) is 195 Å². The SMILES string of the molecule is CCC(CC)(c1ccc(C#CC2(O)CCCCC2)c(C)c1)c1ccc(-c2ccc(COC=O)cn2)c(C)c1.CCCc1ccc(-c2ccc(C(CC)(CC)c3ccc(C#CC4(C)CCCCC4)c(C)c3)cc2C)nc1.O=C=O. The van der Waals surface area contributed by atoms with E-state index < -0.39 is 5.60 Å². The van der Waals surface area contributed by atoms with Crippen LogP contribution in [0.3, 0.4) is 0 Å². The zero-order chi connectivity index (χ0) is 56.4. The zero-order valence-corrected chi connectivity index (χ0v) is 48.5. The molecule has 0 atom stereocenters. The minimum Gasteiger partial charge on any atom is -0.463 e. The molecule has 7 nitrogen and oxygen atoms in total. The molecule has 2 saturated carbocycles. The summed E-state index contributed by atoms with van der Waals surface area (Å²) in [6.45, 7) is 23.1.